The van der Waals surface area contributed by atoms with Gasteiger partial charge < -0.3 is 9.84 Å². The van der Waals surface area contributed by atoms with Crippen molar-refractivity contribution in [2.75, 3.05) is 0 Å². The predicted octanol–water partition coefficient (Wildman–Crippen LogP) is 4.53. The van der Waals surface area contributed by atoms with Crippen LogP contribution in [0, 0.1) is 5.41 Å². The summed E-state index contributed by atoms with van der Waals surface area (Å²) in [5.41, 5.74) is 0.552. The molecular formula is C16H19ClO3. The lowest BCUT2D eigenvalue weighted by molar-refractivity contribution is -0.0702. The fraction of sp³-hybridized carbons (Fsp3) is 0.562. The van der Waals surface area contributed by atoms with Crippen molar-refractivity contribution < 1.29 is 14.6 Å². The molecule has 1 N–H and O–H groups in total. The van der Waals surface area contributed by atoms with Crippen molar-refractivity contribution in [2.45, 2.75) is 51.0 Å². The zero-order valence-corrected chi connectivity index (χ0v) is 12.2. The standard InChI is InChI=1S/C16H19ClO3/c17-12-10-11(15(18)19)4-5-13(12)20-14-6-9-16(14)7-2-1-3-8-16/h4-5,10,14H,1-3,6-9H2,(H,18,19). The molecular weight excluding hydrogens is 276 g/mol. The number of rotatable bonds is 3. The predicted molar refractivity (Wildman–Crippen MR) is 77.6 cm³/mol. The maximum atomic E-state index is 10.9. The average molecular weight is 295 g/mol. The van der Waals surface area contributed by atoms with E-state index in [0.717, 1.165) is 6.42 Å². The summed E-state index contributed by atoms with van der Waals surface area (Å²) in [6.07, 6.45) is 9.01. The highest BCUT2D eigenvalue weighted by Crippen LogP contribution is 2.53. The second kappa shape index (κ2) is 5.28. The van der Waals surface area contributed by atoms with Crippen molar-refractivity contribution in [1.29, 1.82) is 0 Å². The van der Waals surface area contributed by atoms with Crippen molar-refractivity contribution in [2.24, 2.45) is 5.41 Å². The SMILES string of the molecule is O=C(O)c1ccc(OC2CCC23CCCCC3)c(Cl)c1. The molecule has 0 bridgehead atoms. The van der Waals surface area contributed by atoms with Gasteiger partial charge in [0.15, 0.2) is 0 Å². The van der Waals surface area contributed by atoms with Crippen LogP contribution < -0.4 is 4.74 Å². The zero-order valence-electron chi connectivity index (χ0n) is 11.4. The van der Waals surface area contributed by atoms with Gasteiger partial charge in [0, 0.05) is 5.41 Å². The Morgan fingerprint density at radius 3 is 2.55 bits per heavy atom. The van der Waals surface area contributed by atoms with E-state index < -0.39 is 5.97 Å². The molecule has 3 nitrogen and oxygen atoms in total. The van der Waals surface area contributed by atoms with Gasteiger partial charge in [-0.3, -0.25) is 0 Å². The number of aromatic carboxylic acids is 1. The van der Waals surface area contributed by atoms with Crippen LogP contribution in [0.2, 0.25) is 5.02 Å². The Morgan fingerprint density at radius 2 is 2.00 bits per heavy atom. The quantitative estimate of drug-likeness (QED) is 0.891. The lowest BCUT2D eigenvalue weighted by Crippen LogP contribution is -2.49. The number of carboxylic acid groups (broad SMARTS) is 1. The van der Waals surface area contributed by atoms with Crippen LogP contribution in [0.15, 0.2) is 18.2 Å². The highest BCUT2D eigenvalue weighted by Gasteiger charge is 2.48. The molecule has 0 heterocycles. The Balaban J connectivity index is 1.73. The van der Waals surface area contributed by atoms with Gasteiger partial charge in [-0.2, -0.15) is 0 Å². The van der Waals surface area contributed by atoms with Crippen LogP contribution in [-0.4, -0.2) is 17.2 Å². The Bertz CT molecular complexity index is 520. The number of carboxylic acids is 1. The average Bonchev–Trinajstić information content (AvgIpc) is 2.45. The number of hydrogen-bond acceptors (Lipinski definition) is 2. The fourth-order valence-corrected chi connectivity index (χ4v) is 3.79. The Hall–Kier alpha value is -1.22. The first-order chi connectivity index (χ1) is 9.61. The summed E-state index contributed by atoms with van der Waals surface area (Å²) >= 11 is 6.14. The summed E-state index contributed by atoms with van der Waals surface area (Å²) in [6.45, 7) is 0. The summed E-state index contributed by atoms with van der Waals surface area (Å²) in [7, 11) is 0. The number of benzene rings is 1. The van der Waals surface area contributed by atoms with Crippen molar-refractivity contribution in [3.05, 3.63) is 28.8 Å². The van der Waals surface area contributed by atoms with Crippen LogP contribution in [0.3, 0.4) is 0 Å². The third-order valence-corrected chi connectivity index (χ3v) is 5.18. The molecule has 3 rings (SSSR count). The molecule has 1 aromatic rings. The van der Waals surface area contributed by atoms with Crippen molar-refractivity contribution in [1.82, 2.24) is 0 Å². The Morgan fingerprint density at radius 1 is 1.25 bits per heavy atom. The van der Waals surface area contributed by atoms with Crippen LogP contribution in [-0.2, 0) is 0 Å². The number of halogens is 1. The Kier molecular flexibility index (Phi) is 3.63. The van der Waals surface area contributed by atoms with Gasteiger partial charge >= 0.3 is 5.97 Å². The molecule has 0 radical (unpaired) electrons. The van der Waals surface area contributed by atoms with Gasteiger partial charge in [-0.05, 0) is 43.9 Å². The van der Waals surface area contributed by atoms with Gasteiger partial charge in [-0.25, -0.2) is 4.79 Å². The molecule has 1 spiro atoms. The molecule has 2 saturated carbocycles. The molecule has 4 heteroatoms. The number of hydrogen-bond donors (Lipinski definition) is 1. The molecule has 0 amide bonds. The zero-order chi connectivity index (χ0) is 14.2. The third-order valence-electron chi connectivity index (χ3n) is 4.88. The lowest BCUT2D eigenvalue weighted by atomic mass is 9.58. The molecule has 2 aliphatic carbocycles. The van der Waals surface area contributed by atoms with Gasteiger partial charge in [0.25, 0.3) is 0 Å². The van der Waals surface area contributed by atoms with Gasteiger partial charge in [0.05, 0.1) is 10.6 Å². The van der Waals surface area contributed by atoms with Crippen LogP contribution >= 0.6 is 11.6 Å². The minimum Gasteiger partial charge on any atom is -0.488 e. The number of carbonyl (C=O) groups is 1. The highest BCUT2D eigenvalue weighted by atomic mass is 35.5. The molecule has 1 unspecified atom stereocenters. The normalized spacial score (nSPS) is 24.1. The smallest absolute Gasteiger partial charge is 0.335 e. The van der Waals surface area contributed by atoms with Crippen LogP contribution in [0.5, 0.6) is 5.75 Å². The first-order valence-corrected chi connectivity index (χ1v) is 7.68. The van der Waals surface area contributed by atoms with E-state index in [1.807, 2.05) is 0 Å². The lowest BCUT2D eigenvalue weighted by Gasteiger charge is -2.51. The van der Waals surface area contributed by atoms with Crippen LogP contribution in [0.1, 0.15) is 55.3 Å². The summed E-state index contributed by atoms with van der Waals surface area (Å²) in [5.74, 6) is -0.350. The van der Waals surface area contributed by atoms with E-state index in [1.165, 1.54) is 44.6 Å². The Labute approximate surface area is 123 Å². The summed E-state index contributed by atoms with van der Waals surface area (Å²) in [6, 6.07) is 4.70. The molecule has 0 aliphatic heterocycles. The van der Waals surface area contributed by atoms with Gasteiger partial charge in [0.2, 0.25) is 0 Å². The summed E-state index contributed by atoms with van der Waals surface area (Å²) in [5, 5.41) is 9.33. The summed E-state index contributed by atoms with van der Waals surface area (Å²) in [4.78, 5) is 10.9. The molecule has 2 fully saturated rings. The topological polar surface area (TPSA) is 46.5 Å². The monoisotopic (exact) mass is 294 g/mol. The van der Waals surface area contributed by atoms with Crippen LogP contribution in [0.4, 0.5) is 0 Å². The molecule has 20 heavy (non-hydrogen) atoms. The van der Waals surface area contributed by atoms with E-state index in [-0.39, 0.29) is 11.7 Å². The van der Waals surface area contributed by atoms with E-state index in [2.05, 4.69) is 0 Å². The van der Waals surface area contributed by atoms with E-state index in [4.69, 9.17) is 21.4 Å². The van der Waals surface area contributed by atoms with Crippen molar-refractivity contribution >= 4 is 17.6 Å². The maximum absolute atomic E-state index is 10.9. The van der Waals surface area contributed by atoms with E-state index >= 15 is 0 Å². The second-order valence-corrected chi connectivity index (χ2v) is 6.43. The molecule has 0 aromatic heterocycles. The molecule has 1 aromatic carbocycles. The second-order valence-electron chi connectivity index (χ2n) is 6.02. The molecule has 2 aliphatic rings. The largest absolute Gasteiger partial charge is 0.488 e. The summed E-state index contributed by atoms with van der Waals surface area (Å²) < 4.78 is 6.08. The van der Waals surface area contributed by atoms with E-state index in [1.54, 1.807) is 12.1 Å². The molecule has 108 valence electrons. The first-order valence-electron chi connectivity index (χ1n) is 7.30. The van der Waals surface area contributed by atoms with Crippen molar-refractivity contribution in [3.63, 3.8) is 0 Å². The van der Waals surface area contributed by atoms with Gasteiger partial charge in [0.1, 0.15) is 11.9 Å². The van der Waals surface area contributed by atoms with Crippen molar-refractivity contribution in [3.8, 4) is 5.75 Å². The fourth-order valence-electron chi connectivity index (χ4n) is 3.56. The molecule has 1 atom stereocenters. The van der Waals surface area contributed by atoms with Crippen LogP contribution in [0.25, 0.3) is 0 Å². The van der Waals surface area contributed by atoms with E-state index in [0.29, 0.717) is 16.2 Å². The number of ether oxygens (including phenoxy) is 1. The first kappa shape index (κ1) is 13.7. The maximum Gasteiger partial charge on any atom is 0.335 e. The third kappa shape index (κ3) is 2.39. The highest BCUT2D eigenvalue weighted by molar-refractivity contribution is 6.32. The van der Waals surface area contributed by atoms with Gasteiger partial charge in [-0.15, -0.1) is 0 Å². The van der Waals surface area contributed by atoms with Gasteiger partial charge in [-0.1, -0.05) is 30.9 Å². The molecule has 0 saturated heterocycles. The minimum absolute atomic E-state index is 0.198. The minimum atomic E-state index is -0.967. The van der Waals surface area contributed by atoms with E-state index in [9.17, 15) is 4.79 Å².